The standard InChI is InChI=1S/C29H22F7N3O3S/c1-15-22(43-26(37-15)19-8-12-21(13-9-19)29(34,35)36)23(28(32,33)20-10-6-17(7-11-20)24(30)31)41-14-16-2-4-18(5-3-16)25-38-27(40)42-39-25/h2-13,23-24,27,40H,14H2,1H3,(H,38,39). The first kappa shape index (κ1) is 30.6. The molecule has 1 aliphatic rings. The summed E-state index contributed by atoms with van der Waals surface area (Å²) in [6.07, 6.45) is -10.7. The molecule has 0 fully saturated rings. The highest BCUT2D eigenvalue weighted by molar-refractivity contribution is 7.15. The van der Waals surface area contributed by atoms with Crippen molar-refractivity contribution in [2.75, 3.05) is 0 Å². The number of aliphatic imine (C=N–C) groups is 1. The predicted molar refractivity (Wildman–Crippen MR) is 143 cm³/mol. The number of halogens is 7. The Morgan fingerprint density at radius 1 is 0.907 bits per heavy atom. The Morgan fingerprint density at radius 2 is 1.51 bits per heavy atom. The fourth-order valence-electron chi connectivity index (χ4n) is 4.27. The van der Waals surface area contributed by atoms with Crippen molar-refractivity contribution in [1.82, 2.24) is 10.5 Å². The van der Waals surface area contributed by atoms with Gasteiger partial charge >= 0.3 is 12.1 Å². The summed E-state index contributed by atoms with van der Waals surface area (Å²) in [5.41, 5.74) is 2.13. The Labute approximate surface area is 244 Å². The number of aromatic nitrogens is 1. The van der Waals surface area contributed by atoms with Gasteiger partial charge in [-0.1, -0.05) is 60.7 Å². The molecule has 6 nitrogen and oxygen atoms in total. The molecule has 2 atom stereocenters. The molecule has 3 aromatic carbocycles. The lowest BCUT2D eigenvalue weighted by molar-refractivity contribution is -0.151. The first-order valence-corrected chi connectivity index (χ1v) is 13.4. The van der Waals surface area contributed by atoms with Gasteiger partial charge in [0.15, 0.2) is 11.9 Å². The van der Waals surface area contributed by atoms with E-state index >= 15 is 8.78 Å². The molecule has 43 heavy (non-hydrogen) atoms. The predicted octanol–water partition coefficient (Wildman–Crippen LogP) is 7.68. The number of amidine groups is 1. The van der Waals surface area contributed by atoms with E-state index in [4.69, 9.17) is 9.57 Å². The number of benzene rings is 3. The highest BCUT2D eigenvalue weighted by Gasteiger charge is 2.45. The van der Waals surface area contributed by atoms with Crippen LogP contribution in [-0.4, -0.2) is 22.3 Å². The van der Waals surface area contributed by atoms with Gasteiger partial charge in [-0.15, -0.1) is 11.3 Å². The van der Waals surface area contributed by atoms with E-state index < -0.39 is 47.7 Å². The van der Waals surface area contributed by atoms with Crippen molar-refractivity contribution >= 4 is 17.2 Å². The summed E-state index contributed by atoms with van der Waals surface area (Å²) in [7, 11) is 0. The lowest BCUT2D eigenvalue weighted by atomic mass is 9.99. The number of hydroxylamine groups is 1. The van der Waals surface area contributed by atoms with E-state index in [9.17, 15) is 27.1 Å². The van der Waals surface area contributed by atoms with Crippen LogP contribution < -0.4 is 5.48 Å². The molecule has 0 spiro atoms. The number of aliphatic hydroxyl groups excluding tert-OH is 1. The molecule has 0 aliphatic carbocycles. The Balaban J connectivity index is 1.46. The molecule has 1 aliphatic heterocycles. The second-order valence-electron chi connectivity index (χ2n) is 9.50. The molecule has 2 N–H and O–H groups in total. The van der Waals surface area contributed by atoms with Crippen LogP contribution in [-0.2, 0) is 28.3 Å². The molecule has 1 aromatic heterocycles. The molecule has 0 amide bonds. The van der Waals surface area contributed by atoms with Crippen LogP contribution >= 0.6 is 11.3 Å². The van der Waals surface area contributed by atoms with Crippen LogP contribution in [0.4, 0.5) is 30.7 Å². The van der Waals surface area contributed by atoms with E-state index in [-0.39, 0.29) is 28.0 Å². The highest BCUT2D eigenvalue weighted by Crippen LogP contribution is 2.47. The molecule has 0 bridgehead atoms. The summed E-state index contributed by atoms with van der Waals surface area (Å²) < 4.78 is 103. The molecule has 4 aromatic rings. The maximum Gasteiger partial charge on any atom is 0.416 e. The van der Waals surface area contributed by atoms with Gasteiger partial charge in [0.1, 0.15) is 5.01 Å². The SMILES string of the molecule is Cc1nc(-c2ccc(C(F)(F)F)cc2)sc1C(OCc1ccc(C2=NC(O)ON2)cc1)C(F)(F)c1ccc(C(F)F)cc1. The molecule has 14 heteroatoms. The van der Waals surface area contributed by atoms with Crippen molar-refractivity contribution in [3.63, 3.8) is 0 Å². The third kappa shape index (κ3) is 6.72. The molecular formula is C29H22F7N3O3S. The number of hydrogen-bond acceptors (Lipinski definition) is 7. The Morgan fingerprint density at radius 3 is 2.07 bits per heavy atom. The summed E-state index contributed by atoms with van der Waals surface area (Å²) in [6.45, 7) is 1.19. The average Bonchev–Trinajstić information content (AvgIpc) is 3.58. The van der Waals surface area contributed by atoms with Gasteiger partial charge in [-0.2, -0.15) is 22.0 Å². The first-order chi connectivity index (χ1) is 20.3. The van der Waals surface area contributed by atoms with E-state index in [1.165, 1.54) is 19.1 Å². The topological polar surface area (TPSA) is 76.0 Å². The summed E-state index contributed by atoms with van der Waals surface area (Å²) in [6, 6.07) is 14.2. The third-order valence-corrected chi connectivity index (χ3v) is 7.80. The Kier molecular flexibility index (Phi) is 8.56. The average molecular weight is 626 g/mol. The molecular weight excluding hydrogens is 603 g/mol. The van der Waals surface area contributed by atoms with E-state index in [2.05, 4.69) is 15.5 Å². The fourth-order valence-corrected chi connectivity index (χ4v) is 5.43. The van der Waals surface area contributed by atoms with E-state index in [1.54, 1.807) is 24.3 Å². The first-order valence-electron chi connectivity index (χ1n) is 12.6. The largest absolute Gasteiger partial charge is 0.416 e. The minimum Gasteiger partial charge on any atom is -0.361 e. The van der Waals surface area contributed by atoms with Crippen molar-refractivity contribution in [2.45, 2.75) is 44.6 Å². The number of thiazole rings is 1. The summed E-state index contributed by atoms with van der Waals surface area (Å²) in [5, 5.41) is 9.58. The number of alkyl halides is 7. The normalized spacial score (nSPS) is 16.3. The molecule has 2 unspecified atom stereocenters. The smallest absolute Gasteiger partial charge is 0.361 e. The van der Waals surface area contributed by atoms with Gasteiger partial charge in [-0.25, -0.2) is 29.1 Å². The van der Waals surface area contributed by atoms with Gasteiger partial charge in [-0.05, 0) is 24.6 Å². The summed E-state index contributed by atoms with van der Waals surface area (Å²) >= 11 is 0.839. The zero-order valence-electron chi connectivity index (χ0n) is 22.1. The van der Waals surface area contributed by atoms with Crippen LogP contribution in [0, 0.1) is 6.92 Å². The highest BCUT2D eigenvalue weighted by atomic mass is 32.1. The summed E-state index contributed by atoms with van der Waals surface area (Å²) in [4.78, 5) is 12.9. The number of aliphatic hydroxyl groups is 1. The molecule has 2 heterocycles. The zero-order valence-corrected chi connectivity index (χ0v) is 22.9. The fraction of sp³-hybridized carbons (Fsp3) is 0.241. The van der Waals surface area contributed by atoms with Crippen LogP contribution in [0.15, 0.2) is 77.8 Å². The number of rotatable bonds is 9. The quantitative estimate of drug-likeness (QED) is 0.187. The lowest BCUT2D eigenvalue weighted by Crippen LogP contribution is -2.26. The van der Waals surface area contributed by atoms with Crippen LogP contribution in [0.5, 0.6) is 0 Å². The monoisotopic (exact) mass is 625 g/mol. The molecule has 0 saturated carbocycles. The lowest BCUT2D eigenvalue weighted by Gasteiger charge is -2.27. The van der Waals surface area contributed by atoms with Crippen molar-refractivity contribution in [2.24, 2.45) is 4.99 Å². The van der Waals surface area contributed by atoms with Crippen molar-refractivity contribution in [3.05, 3.63) is 111 Å². The van der Waals surface area contributed by atoms with E-state index in [0.717, 1.165) is 47.7 Å². The number of nitrogens with one attached hydrogen (secondary N) is 1. The van der Waals surface area contributed by atoms with Gasteiger partial charge in [0, 0.05) is 22.3 Å². The van der Waals surface area contributed by atoms with Gasteiger partial charge in [0.25, 0.3) is 12.8 Å². The Bertz CT molecular complexity index is 1590. The zero-order chi connectivity index (χ0) is 30.9. The van der Waals surface area contributed by atoms with Crippen molar-refractivity contribution in [1.29, 1.82) is 0 Å². The maximum absolute atomic E-state index is 16.1. The number of hydrogen-bond donors (Lipinski definition) is 2. The Hall–Kier alpha value is -3.85. The second-order valence-corrected chi connectivity index (χ2v) is 10.5. The van der Waals surface area contributed by atoms with Gasteiger partial charge < -0.3 is 9.84 Å². The van der Waals surface area contributed by atoms with E-state index in [1.807, 2.05) is 0 Å². The maximum atomic E-state index is 16.1. The minimum atomic E-state index is -4.54. The number of ether oxygens (including phenoxy) is 1. The van der Waals surface area contributed by atoms with Crippen LogP contribution in [0.1, 0.15) is 50.9 Å². The van der Waals surface area contributed by atoms with Crippen LogP contribution in [0.25, 0.3) is 10.6 Å². The third-order valence-electron chi connectivity index (χ3n) is 6.55. The van der Waals surface area contributed by atoms with Crippen molar-refractivity contribution < 1.29 is 45.4 Å². The minimum absolute atomic E-state index is 0.0186. The van der Waals surface area contributed by atoms with Crippen molar-refractivity contribution in [3.8, 4) is 10.6 Å². The molecule has 0 saturated heterocycles. The van der Waals surface area contributed by atoms with Crippen LogP contribution in [0.2, 0.25) is 0 Å². The van der Waals surface area contributed by atoms with Crippen LogP contribution in [0.3, 0.4) is 0 Å². The van der Waals surface area contributed by atoms with E-state index in [0.29, 0.717) is 16.7 Å². The van der Waals surface area contributed by atoms with Gasteiger partial charge in [-0.3, -0.25) is 0 Å². The number of aryl methyl sites for hydroxylation is 1. The molecule has 5 rings (SSSR count). The summed E-state index contributed by atoms with van der Waals surface area (Å²) in [5.74, 6) is -3.45. The number of nitrogens with zero attached hydrogens (tertiary/aromatic N) is 2. The molecule has 0 radical (unpaired) electrons. The second kappa shape index (κ2) is 12.0. The van der Waals surface area contributed by atoms with Gasteiger partial charge in [0.2, 0.25) is 0 Å². The molecule has 226 valence electrons. The van der Waals surface area contributed by atoms with Gasteiger partial charge in [0.05, 0.1) is 22.7 Å².